The van der Waals surface area contributed by atoms with E-state index < -0.39 is 16.1 Å². The molecule has 1 aliphatic heterocycles. The lowest BCUT2D eigenvalue weighted by molar-refractivity contribution is 0.264. The molecule has 1 rings (SSSR count). The minimum absolute atomic E-state index is 1.08. The Kier molecular flexibility index (Phi) is 10.6. The zero-order valence-electron chi connectivity index (χ0n) is 19.3. The zero-order chi connectivity index (χ0) is 19.8. The Bertz CT molecular complexity index is 322. The van der Waals surface area contributed by atoms with Gasteiger partial charge in [0, 0.05) is 42.3 Å². The van der Waals surface area contributed by atoms with Crippen LogP contribution in [0.1, 0.15) is 0 Å². The fourth-order valence-corrected chi connectivity index (χ4v) is 7.80. The number of hydrogen-bond donors (Lipinski definition) is 0. The first-order valence-corrected chi connectivity index (χ1v) is 17.6. The molecule has 0 amide bonds. The largest absolute Gasteiger partial charge is 0.305 e. The van der Waals surface area contributed by atoms with Gasteiger partial charge in [-0.25, -0.2) is 0 Å². The van der Waals surface area contributed by atoms with Crippen LogP contribution in [0.5, 0.6) is 0 Å². The topological polar surface area (TPSA) is 13.0 Å². The Morgan fingerprint density at radius 3 is 0.769 bits per heavy atom. The van der Waals surface area contributed by atoms with Crippen molar-refractivity contribution in [2.24, 2.45) is 0 Å². The molecule has 0 radical (unpaired) electrons. The molecule has 0 aromatic carbocycles. The highest BCUT2D eigenvalue weighted by Crippen LogP contribution is 2.18. The Hall–Kier alpha value is 0.274. The maximum Gasteiger partial charge on any atom is 0.0498 e. The summed E-state index contributed by atoms with van der Waals surface area (Å²) in [5.41, 5.74) is 0. The molecule has 1 aliphatic rings. The monoisotopic (exact) mass is 400 g/mol. The third-order valence-electron chi connectivity index (χ3n) is 6.41. The second kappa shape index (κ2) is 11.3. The van der Waals surface area contributed by atoms with Crippen LogP contribution in [0.4, 0.5) is 0 Å². The van der Waals surface area contributed by atoms with Crippen LogP contribution in [0.2, 0.25) is 50.4 Å². The second-order valence-electron chi connectivity index (χ2n) is 10.5. The van der Waals surface area contributed by atoms with Crippen molar-refractivity contribution in [2.75, 3.05) is 80.5 Å². The molecule has 1 saturated heterocycles. The lowest BCUT2D eigenvalue weighted by atomic mass is 10.4. The summed E-state index contributed by atoms with van der Waals surface area (Å²) in [6.45, 7) is 20.3. The minimum atomic E-state index is -1.08. The quantitative estimate of drug-likeness (QED) is 0.579. The minimum Gasteiger partial charge on any atom is -0.305 e. The lowest BCUT2D eigenvalue weighted by Gasteiger charge is -2.31. The van der Waals surface area contributed by atoms with Gasteiger partial charge in [-0.05, 0) is 78.5 Å². The molecule has 0 bridgehead atoms. The number of hydrogen-bond acceptors (Lipinski definition) is 4. The predicted molar refractivity (Wildman–Crippen MR) is 124 cm³/mol. The molecule has 1 fully saturated rings. The van der Waals surface area contributed by atoms with Crippen LogP contribution in [-0.4, -0.2) is 116 Å². The molecule has 0 N–H and O–H groups in total. The average molecular weight is 401 g/mol. The van der Waals surface area contributed by atoms with Crippen LogP contribution in [0.15, 0.2) is 0 Å². The second-order valence-corrected chi connectivity index (χ2v) is 21.2. The summed E-state index contributed by atoms with van der Waals surface area (Å²) in [5, 5.41) is 0. The molecule has 6 heteroatoms. The van der Waals surface area contributed by atoms with Crippen molar-refractivity contribution in [3.05, 3.63) is 0 Å². The van der Waals surface area contributed by atoms with Gasteiger partial charge in [0.2, 0.25) is 0 Å². The summed E-state index contributed by atoms with van der Waals surface area (Å²) >= 11 is 0. The summed E-state index contributed by atoms with van der Waals surface area (Å²) in [4.78, 5) is 10.3. The van der Waals surface area contributed by atoms with Crippen LogP contribution < -0.4 is 0 Å². The summed E-state index contributed by atoms with van der Waals surface area (Å²) in [7, 11) is 7.11. The Balaban J connectivity index is 2.63. The Morgan fingerprint density at radius 1 is 0.385 bits per heavy atom. The van der Waals surface area contributed by atoms with Gasteiger partial charge in [0.1, 0.15) is 0 Å². The van der Waals surface area contributed by atoms with Crippen molar-refractivity contribution in [3.8, 4) is 0 Å². The van der Waals surface area contributed by atoms with Crippen LogP contribution in [0.3, 0.4) is 0 Å². The molecule has 1 heterocycles. The molecule has 0 aliphatic carbocycles. The van der Waals surface area contributed by atoms with Gasteiger partial charge in [0.15, 0.2) is 0 Å². The van der Waals surface area contributed by atoms with E-state index in [-0.39, 0.29) is 0 Å². The van der Waals surface area contributed by atoms with Crippen molar-refractivity contribution in [3.63, 3.8) is 0 Å². The molecule has 26 heavy (non-hydrogen) atoms. The lowest BCUT2D eigenvalue weighted by Crippen LogP contribution is -2.41. The molecule has 0 aromatic rings. The molecule has 0 atom stereocenters. The van der Waals surface area contributed by atoms with Crippen LogP contribution in [-0.2, 0) is 0 Å². The van der Waals surface area contributed by atoms with Gasteiger partial charge in [-0.1, -0.05) is 26.2 Å². The summed E-state index contributed by atoms with van der Waals surface area (Å²) < 4.78 is 0. The van der Waals surface area contributed by atoms with Crippen LogP contribution >= 0.6 is 0 Å². The highest BCUT2D eigenvalue weighted by Gasteiger charge is 2.23. The molecule has 0 unspecified atom stereocenters. The third kappa shape index (κ3) is 11.2. The van der Waals surface area contributed by atoms with E-state index in [9.17, 15) is 0 Å². The van der Waals surface area contributed by atoms with Gasteiger partial charge in [-0.2, -0.15) is 0 Å². The fraction of sp³-hybridized carbons (Fsp3) is 1.00. The van der Waals surface area contributed by atoms with Gasteiger partial charge in [0.25, 0.3) is 0 Å². The van der Waals surface area contributed by atoms with Gasteiger partial charge in [-0.3, -0.25) is 0 Å². The molecule has 0 spiro atoms. The Morgan fingerprint density at radius 2 is 0.577 bits per heavy atom. The van der Waals surface area contributed by atoms with Gasteiger partial charge < -0.3 is 19.6 Å². The van der Waals surface area contributed by atoms with Crippen molar-refractivity contribution >= 4 is 16.1 Å². The van der Waals surface area contributed by atoms with Crippen LogP contribution in [0, 0.1) is 0 Å². The molecule has 0 saturated carbocycles. The van der Waals surface area contributed by atoms with E-state index in [1.165, 1.54) is 76.5 Å². The third-order valence-corrected chi connectivity index (χ3v) is 12.7. The SMILES string of the molecule is CN1CCN(C)CC[Si](C)(C)CCN(C)CCN(C)CC[Si](C)(C)CC1. The molecule has 156 valence electrons. The fourth-order valence-electron chi connectivity index (χ4n) is 3.35. The first kappa shape index (κ1) is 24.3. The maximum absolute atomic E-state index is 2.58. The summed E-state index contributed by atoms with van der Waals surface area (Å²) in [6, 6.07) is 5.73. The van der Waals surface area contributed by atoms with Crippen LogP contribution in [0.25, 0.3) is 0 Å². The van der Waals surface area contributed by atoms with Gasteiger partial charge in [-0.15, -0.1) is 0 Å². The standard InChI is InChI=1S/C20H48N4Si2/c1-21-9-10-22(2)14-19-26(7,8)20-16-24(4)12-11-23(3)15-18-25(5,6)17-13-21/h9-20H2,1-8H3. The smallest absolute Gasteiger partial charge is 0.0498 e. The van der Waals surface area contributed by atoms with E-state index >= 15 is 0 Å². The van der Waals surface area contributed by atoms with E-state index in [0.29, 0.717) is 0 Å². The van der Waals surface area contributed by atoms with E-state index in [1.54, 1.807) is 0 Å². The highest BCUT2D eigenvalue weighted by molar-refractivity contribution is 6.77. The first-order valence-electron chi connectivity index (χ1n) is 10.7. The molecule has 0 aromatic heterocycles. The van der Waals surface area contributed by atoms with Gasteiger partial charge in [0.05, 0.1) is 0 Å². The van der Waals surface area contributed by atoms with Crippen molar-refractivity contribution in [1.82, 2.24) is 19.6 Å². The van der Waals surface area contributed by atoms with Crippen molar-refractivity contribution in [2.45, 2.75) is 50.4 Å². The van der Waals surface area contributed by atoms with E-state index in [0.717, 1.165) is 0 Å². The van der Waals surface area contributed by atoms with E-state index in [4.69, 9.17) is 0 Å². The Labute approximate surface area is 166 Å². The molecule has 4 nitrogen and oxygen atoms in total. The average Bonchev–Trinajstić information content (AvgIpc) is 2.57. The number of rotatable bonds is 0. The zero-order valence-corrected chi connectivity index (χ0v) is 21.3. The summed E-state index contributed by atoms with van der Waals surface area (Å²) in [6.07, 6.45) is 0. The summed E-state index contributed by atoms with van der Waals surface area (Å²) in [5.74, 6) is 0. The van der Waals surface area contributed by atoms with E-state index in [1.807, 2.05) is 0 Å². The first-order chi connectivity index (χ1) is 12.0. The van der Waals surface area contributed by atoms with E-state index in [2.05, 4.69) is 74.0 Å². The highest BCUT2D eigenvalue weighted by atomic mass is 28.3. The predicted octanol–water partition coefficient (Wildman–Crippen LogP) is 3.14. The normalized spacial score (nSPS) is 27.7. The van der Waals surface area contributed by atoms with Crippen molar-refractivity contribution < 1.29 is 0 Å². The van der Waals surface area contributed by atoms with Gasteiger partial charge >= 0.3 is 0 Å². The molecular formula is C20H48N4Si2. The number of likely N-dealkylation sites (N-methyl/N-ethyl adjacent to an activating group) is 4. The maximum atomic E-state index is 2.58. The number of nitrogens with zero attached hydrogens (tertiary/aromatic N) is 4. The molecular weight excluding hydrogens is 352 g/mol. The van der Waals surface area contributed by atoms with Crippen molar-refractivity contribution in [1.29, 1.82) is 0 Å².